The molecule has 0 fully saturated rings. The molecule has 300 valence electrons. The van der Waals surface area contributed by atoms with Crippen molar-refractivity contribution >= 4 is 22.7 Å². The molecule has 1 aromatic heterocycles. The number of furan rings is 1. The number of aryl methyl sites for hydroxylation is 2. The van der Waals surface area contributed by atoms with Gasteiger partial charge in [0.05, 0.1) is 12.2 Å². The first-order valence-corrected chi connectivity index (χ1v) is 21.3. The third kappa shape index (κ3) is 8.52. The van der Waals surface area contributed by atoms with Crippen molar-refractivity contribution in [2.24, 2.45) is 0 Å². The van der Waals surface area contributed by atoms with Gasteiger partial charge in [-0.3, -0.25) is 0 Å². The number of fused-ring (bicyclic) bond motifs is 8. The molecule has 0 saturated carbocycles. The summed E-state index contributed by atoms with van der Waals surface area (Å²) >= 11 is 0. The summed E-state index contributed by atoms with van der Waals surface area (Å²) in [5.41, 5.74) is 19.2. The molecule has 5 heteroatoms. The van der Waals surface area contributed by atoms with Crippen molar-refractivity contribution < 1.29 is 4.42 Å². The Bertz CT molecular complexity index is 2380. The summed E-state index contributed by atoms with van der Waals surface area (Å²) in [4.78, 5) is 0. The Morgan fingerprint density at radius 2 is 0.932 bits per heavy atom. The largest absolute Gasteiger partial charge is 0.468 e. The lowest BCUT2D eigenvalue weighted by Crippen LogP contribution is -2.15. The Kier molecular flexibility index (Phi) is 11.4. The summed E-state index contributed by atoms with van der Waals surface area (Å²) in [6.45, 7) is 17.8. The van der Waals surface area contributed by atoms with Crippen molar-refractivity contribution in [2.45, 2.75) is 91.9 Å². The molecule has 0 amide bonds. The van der Waals surface area contributed by atoms with Crippen molar-refractivity contribution in [3.05, 3.63) is 190 Å². The highest BCUT2D eigenvalue weighted by atomic mass is 16.3. The summed E-state index contributed by atoms with van der Waals surface area (Å²) in [6, 6.07) is 49.8. The molecule has 0 spiro atoms. The first-order valence-electron chi connectivity index (χ1n) is 21.3. The second kappa shape index (κ2) is 17.0. The summed E-state index contributed by atoms with van der Waals surface area (Å²) in [5.74, 6) is 0.790. The van der Waals surface area contributed by atoms with E-state index in [1.165, 1.54) is 66.8 Å². The Labute approximate surface area is 351 Å². The second-order valence-electron chi connectivity index (χ2n) is 17.0. The van der Waals surface area contributed by atoms with Crippen LogP contribution in [-0.4, -0.2) is 12.1 Å². The van der Waals surface area contributed by atoms with E-state index in [4.69, 9.17) is 4.42 Å². The van der Waals surface area contributed by atoms with Gasteiger partial charge in [-0.05, 0) is 166 Å². The highest BCUT2D eigenvalue weighted by Crippen LogP contribution is 2.46. The van der Waals surface area contributed by atoms with E-state index >= 15 is 0 Å². The summed E-state index contributed by atoms with van der Waals surface area (Å²) < 4.78 is 6.36. The minimum Gasteiger partial charge on any atom is -0.468 e. The Hall–Kier alpha value is -6.20. The molecule has 4 bridgehead atoms. The summed E-state index contributed by atoms with van der Waals surface area (Å²) in [6.07, 6.45) is 2.56. The van der Waals surface area contributed by atoms with Crippen molar-refractivity contribution in [1.29, 1.82) is 0 Å². The van der Waals surface area contributed by atoms with Crippen LogP contribution >= 0.6 is 0 Å². The van der Waals surface area contributed by atoms with Crippen molar-refractivity contribution in [3.63, 3.8) is 0 Å². The Morgan fingerprint density at radius 3 is 1.34 bits per heavy atom. The lowest BCUT2D eigenvalue weighted by atomic mass is 9.80. The fourth-order valence-corrected chi connectivity index (χ4v) is 8.82. The first-order chi connectivity index (χ1) is 28.5. The van der Waals surface area contributed by atoms with Crippen LogP contribution in [0.1, 0.15) is 110 Å². The molecule has 4 N–H and O–H groups in total. The second-order valence-corrected chi connectivity index (χ2v) is 17.0. The van der Waals surface area contributed by atoms with Gasteiger partial charge in [0.25, 0.3) is 0 Å². The molecule has 1 aliphatic rings. The van der Waals surface area contributed by atoms with Gasteiger partial charge in [0.1, 0.15) is 5.76 Å². The minimum atomic E-state index is -0.133. The van der Waals surface area contributed by atoms with Gasteiger partial charge in [0, 0.05) is 58.0 Å². The standard InChI is InChI=1S/C54H58N4O/c1-33(2)55-53-35(5)26-43-29-49(53)47-31-45(57-37(7)39-16-11-9-12-17-39)23-21-41(47)28-42-22-24-46(58-38(8)40-18-13-10-14-19-40)32-48(42)50-30-44(52(43)51-20-15-25-59-51)27-36(6)54(50)56-34(3)4/h9-27,29-34,37-38,52,55-58H,28H2,1-8H3. The van der Waals surface area contributed by atoms with Crippen LogP contribution in [0.3, 0.4) is 0 Å². The van der Waals surface area contributed by atoms with Crippen molar-refractivity contribution in [1.82, 2.24) is 0 Å². The van der Waals surface area contributed by atoms with Gasteiger partial charge in [0.2, 0.25) is 0 Å². The van der Waals surface area contributed by atoms with Gasteiger partial charge in [0.15, 0.2) is 0 Å². The average molecular weight is 779 g/mol. The van der Waals surface area contributed by atoms with Crippen LogP contribution in [0, 0.1) is 13.8 Å². The maximum Gasteiger partial charge on any atom is 0.115 e. The Morgan fingerprint density at radius 1 is 0.475 bits per heavy atom. The number of nitrogens with one attached hydrogen (secondary N) is 4. The number of rotatable bonds is 11. The Balaban J connectivity index is 1.40. The van der Waals surface area contributed by atoms with Crippen LogP contribution in [0.2, 0.25) is 0 Å². The molecule has 0 saturated heterocycles. The molecule has 7 aromatic rings. The molecule has 2 atom stereocenters. The zero-order valence-corrected chi connectivity index (χ0v) is 35.8. The topological polar surface area (TPSA) is 61.3 Å². The van der Waals surface area contributed by atoms with Crippen LogP contribution in [-0.2, 0) is 6.42 Å². The van der Waals surface area contributed by atoms with Crippen LogP contribution in [0.25, 0.3) is 22.3 Å². The zero-order valence-electron chi connectivity index (χ0n) is 35.8. The predicted molar refractivity (Wildman–Crippen MR) is 250 cm³/mol. The third-order valence-electron chi connectivity index (χ3n) is 11.6. The van der Waals surface area contributed by atoms with E-state index in [0.717, 1.165) is 34.9 Å². The number of anilines is 4. The predicted octanol–water partition coefficient (Wildman–Crippen LogP) is 14.3. The molecule has 5 nitrogen and oxygen atoms in total. The van der Waals surface area contributed by atoms with Crippen LogP contribution in [0.15, 0.2) is 144 Å². The quantitative estimate of drug-likeness (QED) is 0.105. The lowest BCUT2D eigenvalue weighted by molar-refractivity contribution is 0.503. The maximum atomic E-state index is 6.36. The fourth-order valence-electron chi connectivity index (χ4n) is 8.82. The monoisotopic (exact) mass is 778 g/mol. The number of benzene rings is 6. The summed E-state index contributed by atoms with van der Waals surface area (Å²) in [7, 11) is 0. The van der Waals surface area contributed by atoms with Gasteiger partial charge in [-0.1, -0.05) is 84.9 Å². The molecular weight excluding hydrogens is 721 g/mol. The molecule has 1 heterocycles. The summed E-state index contributed by atoms with van der Waals surface area (Å²) in [5, 5.41) is 15.5. The molecule has 0 aliphatic heterocycles. The van der Waals surface area contributed by atoms with Crippen molar-refractivity contribution in [2.75, 3.05) is 21.3 Å². The van der Waals surface area contributed by atoms with Crippen molar-refractivity contribution in [3.8, 4) is 22.3 Å². The molecule has 1 aliphatic carbocycles. The highest BCUT2D eigenvalue weighted by Gasteiger charge is 2.27. The fraction of sp³-hybridized carbons (Fsp3) is 0.259. The van der Waals surface area contributed by atoms with Gasteiger partial charge >= 0.3 is 0 Å². The van der Waals surface area contributed by atoms with E-state index in [2.05, 4.69) is 204 Å². The molecule has 8 rings (SSSR count). The normalized spacial score (nSPS) is 14.4. The van der Waals surface area contributed by atoms with E-state index in [1.54, 1.807) is 6.26 Å². The van der Waals surface area contributed by atoms with E-state index in [-0.39, 0.29) is 30.1 Å². The van der Waals surface area contributed by atoms with E-state index < -0.39 is 0 Å². The number of hydrogen-bond donors (Lipinski definition) is 4. The van der Waals surface area contributed by atoms with Gasteiger partial charge in [-0.2, -0.15) is 0 Å². The molecule has 2 unspecified atom stereocenters. The van der Waals surface area contributed by atoms with Gasteiger partial charge in [-0.15, -0.1) is 0 Å². The SMILES string of the molecule is Cc1cc2cc(c1NC(C)C)-c1cc(NC(C)c3ccccc3)ccc1Cc1ccc(NC(C)c3ccccc3)cc1-c1cc(cc(C)c1NC(C)C)C2c1ccco1. The molecule has 0 radical (unpaired) electrons. The highest BCUT2D eigenvalue weighted by molar-refractivity contribution is 5.88. The smallest absolute Gasteiger partial charge is 0.115 e. The third-order valence-corrected chi connectivity index (χ3v) is 11.6. The van der Waals surface area contributed by atoms with E-state index in [1.807, 2.05) is 6.07 Å². The van der Waals surface area contributed by atoms with Crippen LogP contribution in [0.5, 0.6) is 0 Å². The molecule has 59 heavy (non-hydrogen) atoms. The van der Waals surface area contributed by atoms with E-state index in [0.29, 0.717) is 0 Å². The van der Waals surface area contributed by atoms with Gasteiger partial charge in [-0.25, -0.2) is 0 Å². The van der Waals surface area contributed by atoms with Gasteiger partial charge < -0.3 is 25.7 Å². The zero-order chi connectivity index (χ0) is 41.2. The minimum absolute atomic E-state index is 0.133. The first kappa shape index (κ1) is 39.6. The van der Waals surface area contributed by atoms with Crippen LogP contribution < -0.4 is 21.3 Å². The van der Waals surface area contributed by atoms with E-state index in [9.17, 15) is 0 Å². The number of hydrogen-bond acceptors (Lipinski definition) is 5. The molecular formula is C54H58N4O. The maximum absolute atomic E-state index is 6.36. The average Bonchev–Trinajstić information content (AvgIpc) is 3.75. The molecule has 6 aromatic carbocycles. The van der Waals surface area contributed by atoms with Crippen LogP contribution in [0.4, 0.5) is 22.7 Å². The lowest BCUT2D eigenvalue weighted by Gasteiger charge is -2.28.